The average molecular weight is 512 g/mol. The summed E-state index contributed by atoms with van der Waals surface area (Å²) in [5, 5.41) is 1.36. The molecule has 0 aliphatic heterocycles. The van der Waals surface area contributed by atoms with Gasteiger partial charge in [-0.1, -0.05) is 11.6 Å². The van der Waals surface area contributed by atoms with Crippen LogP contribution in [0, 0.1) is 5.82 Å². The zero-order valence-electron chi connectivity index (χ0n) is 17.6. The Hall–Kier alpha value is -2.80. The lowest BCUT2D eigenvalue weighted by molar-refractivity contribution is -0.144. The maximum atomic E-state index is 14.6. The number of carbonyl (C=O) groups excluding carboxylic acids is 2. The van der Waals surface area contributed by atoms with Crippen LogP contribution in [0.1, 0.15) is 19.5 Å². The molecule has 0 saturated carbocycles. The third-order valence-electron chi connectivity index (χ3n) is 4.44. The van der Waals surface area contributed by atoms with Crippen LogP contribution in [-0.2, 0) is 27.5 Å². The number of aromatic nitrogens is 2. The van der Waals surface area contributed by atoms with Gasteiger partial charge in [0.1, 0.15) is 17.6 Å². The predicted molar refractivity (Wildman–Crippen MR) is 112 cm³/mol. The number of esters is 1. The molecule has 2 rings (SSSR count). The molecule has 33 heavy (non-hydrogen) atoms. The van der Waals surface area contributed by atoms with Crippen LogP contribution in [0.2, 0.25) is 5.02 Å². The number of nitrogens with zero attached hydrogens (tertiary/aromatic N) is 2. The zero-order valence-corrected chi connectivity index (χ0v) is 19.2. The summed E-state index contributed by atoms with van der Waals surface area (Å²) >= 11 is 6.84. The number of amides is 1. The van der Waals surface area contributed by atoms with Crippen LogP contribution >= 0.6 is 23.4 Å². The molecule has 0 aliphatic carbocycles. The summed E-state index contributed by atoms with van der Waals surface area (Å²) in [6, 6.07) is 0.974. The Bertz CT molecular complexity index is 1210. The lowest BCUT2D eigenvalue weighted by atomic mass is 10.3. The average Bonchev–Trinajstić information content (AvgIpc) is 2.71. The van der Waals surface area contributed by atoms with Gasteiger partial charge < -0.3 is 10.1 Å². The molecule has 0 bridgehead atoms. The molecule has 0 aliphatic rings. The number of hydrogen-bond acceptors (Lipinski definition) is 6. The quantitative estimate of drug-likeness (QED) is 0.363. The van der Waals surface area contributed by atoms with Gasteiger partial charge in [0.05, 0.1) is 23.1 Å². The standard InChI is InChI=1S/C19H18ClF4N3O5S/c1-8(17(30)32-4)25-16(29)9(2)33-13-6-12(11(21)5-10(13)20)27-15(28)7-14(19(22,23)24)26(3)18(27)31/h5-9H,1-4H3,(H,25,29)/t8-,9?/m1/s1. The fourth-order valence-electron chi connectivity index (χ4n) is 2.71. The Kier molecular flexibility index (Phi) is 8.01. The number of hydrogen-bond donors (Lipinski definition) is 1. The Morgan fingerprint density at radius 1 is 1.18 bits per heavy atom. The first kappa shape index (κ1) is 26.5. The number of benzene rings is 1. The molecule has 1 aromatic heterocycles. The highest BCUT2D eigenvalue weighted by Crippen LogP contribution is 2.34. The highest BCUT2D eigenvalue weighted by atomic mass is 35.5. The van der Waals surface area contributed by atoms with Crippen LogP contribution < -0.4 is 16.6 Å². The van der Waals surface area contributed by atoms with E-state index in [2.05, 4.69) is 10.1 Å². The van der Waals surface area contributed by atoms with Gasteiger partial charge in [-0.05, 0) is 26.0 Å². The minimum absolute atomic E-state index is 0.0651. The fourth-order valence-corrected chi connectivity index (χ4v) is 3.90. The summed E-state index contributed by atoms with van der Waals surface area (Å²) in [5.74, 6) is -2.41. The molecule has 14 heteroatoms. The normalized spacial score (nSPS) is 13.4. The van der Waals surface area contributed by atoms with Crippen LogP contribution in [0.5, 0.6) is 0 Å². The summed E-state index contributed by atoms with van der Waals surface area (Å²) in [7, 11) is 1.94. The highest BCUT2D eigenvalue weighted by Gasteiger charge is 2.35. The van der Waals surface area contributed by atoms with Crippen LogP contribution in [0.3, 0.4) is 0 Å². The van der Waals surface area contributed by atoms with Gasteiger partial charge in [0.25, 0.3) is 5.56 Å². The number of nitrogens with one attached hydrogen (secondary N) is 1. The van der Waals surface area contributed by atoms with Crippen molar-refractivity contribution in [1.29, 1.82) is 0 Å². The molecule has 1 unspecified atom stereocenters. The van der Waals surface area contributed by atoms with E-state index in [4.69, 9.17) is 11.6 Å². The van der Waals surface area contributed by atoms with Crippen molar-refractivity contribution in [2.45, 2.75) is 36.2 Å². The van der Waals surface area contributed by atoms with Gasteiger partial charge in [0.2, 0.25) is 5.91 Å². The molecular weight excluding hydrogens is 494 g/mol. The van der Waals surface area contributed by atoms with Crippen molar-refractivity contribution in [3.05, 3.63) is 55.6 Å². The number of ether oxygens (including phenoxy) is 1. The second-order valence-electron chi connectivity index (χ2n) is 6.79. The van der Waals surface area contributed by atoms with E-state index in [-0.39, 0.29) is 25.1 Å². The maximum Gasteiger partial charge on any atom is 0.431 e. The van der Waals surface area contributed by atoms with E-state index in [1.165, 1.54) is 13.8 Å². The van der Waals surface area contributed by atoms with Gasteiger partial charge in [-0.3, -0.25) is 14.2 Å². The minimum Gasteiger partial charge on any atom is -0.467 e. The number of rotatable bonds is 6. The van der Waals surface area contributed by atoms with E-state index < -0.39 is 57.8 Å². The molecule has 1 heterocycles. The summed E-state index contributed by atoms with van der Waals surface area (Å²) < 4.78 is 58.7. The molecule has 8 nitrogen and oxygen atoms in total. The fraction of sp³-hybridized carbons (Fsp3) is 0.368. The molecule has 0 fully saturated rings. The molecule has 0 spiro atoms. The van der Waals surface area contributed by atoms with E-state index in [1.54, 1.807) is 0 Å². The monoisotopic (exact) mass is 511 g/mol. The third kappa shape index (κ3) is 5.77. The Morgan fingerprint density at radius 2 is 1.79 bits per heavy atom. The van der Waals surface area contributed by atoms with Gasteiger partial charge in [-0.15, -0.1) is 11.8 Å². The van der Waals surface area contributed by atoms with E-state index in [0.29, 0.717) is 0 Å². The lowest BCUT2D eigenvalue weighted by Gasteiger charge is -2.18. The number of alkyl halides is 3. The molecule has 1 aromatic carbocycles. The summed E-state index contributed by atoms with van der Waals surface area (Å²) in [6.07, 6.45) is -4.98. The SMILES string of the molecule is COC(=O)[C@@H](C)NC(=O)C(C)Sc1cc(-n2c(=O)cc(C(F)(F)F)n(C)c2=O)c(F)cc1Cl. The molecule has 180 valence electrons. The van der Waals surface area contributed by atoms with Crippen molar-refractivity contribution < 1.29 is 31.9 Å². The Labute approximate surface area is 193 Å². The van der Waals surface area contributed by atoms with E-state index in [1.807, 2.05) is 0 Å². The van der Waals surface area contributed by atoms with Crippen molar-refractivity contribution in [2.24, 2.45) is 7.05 Å². The van der Waals surface area contributed by atoms with Crippen molar-refractivity contribution in [3.63, 3.8) is 0 Å². The van der Waals surface area contributed by atoms with Crippen LogP contribution in [0.25, 0.3) is 5.69 Å². The summed E-state index contributed by atoms with van der Waals surface area (Å²) in [6.45, 7) is 2.85. The summed E-state index contributed by atoms with van der Waals surface area (Å²) in [4.78, 5) is 48.6. The predicted octanol–water partition coefficient (Wildman–Crippen LogP) is 2.51. The number of methoxy groups -OCH3 is 1. The Morgan fingerprint density at radius 3 is 2.33 bits per heavy atom. The number of halogens is 5. The number of thioether (sulfide) groups is 1. The molecule has 1 N–H and O–H groups in total. The van der Waals surface area contributed by atoms with Gasteiger partial charge >= 0.3 is 17.8 Å². The van der Waals surface area contributed by atoms with Gasteiger partial charge in [0.15, 0.2) is 0 Å². The van der Waals surface area contributed by atoms with Crippen LogP contribution in [0.15, 0.2) is 32.7 Å². The van der Waals surface area contributed by atoms with Crippen molar-refractivity contribution in [3.8, 4) is 5.69 Å². The van der Waals surface area contributed by atoms with Gasteiger partial charge in [-0.2, -0.15) is 13.2 Å². The van der Waals surface area contributed by atoms with Crippen LogP contribution in [-0.4, -0.2) is 39.4 Å². The van der Waals surface area contributed by atoms with E-state index in [0.717, 1.165) is 38.1 Å². The Balaban J connectivity index is 2.48. The molecule has 0 saturated heterocycles. The van der Waals surface area contributed by atoms with Gasteiger partial charge in [-0.25, -0.2) is 18.5 Å². The third-order valence-corrected chi connectivity index (χ3v) is 6.02. The zero-order chi connectivity index (χ0) is 25.2. The minimum atomic E-state index is -4.98. The first-order valence-corrected chi connectivity index (χ1v) is 10.4. The highest BCUT2D eigenvalue weighted by molar-refractivity contribution is 8.00. The molecule has 2 aromatic rings. The second-order valence-corrected chi connectivity index (χ2v) is 8.58. The van der Waals surface area contributed by atoms with Gasteiger partial charge in [0, 0.05) is 18.0 Å². The van der Waals surface area contributed by atoms with E-state index in [9.17, 15) is 36.7 Å². The smallest absolute Gasteiger partial charge is 0.431 e. The second kappa shape index (κ2) is 10.00. The molecule has 0 radical (unpaired) electrons. The largest absolute Gasteiger partial charge is 0.467 e. The first-order chi connectivity index (χ1) is 15.2. The molecule has 1 amide bonds. The van der Waals surface area contributed by atoms with Crippen molar-refractivity contribution >= 4 is 35.2 Å². The number of carbonyl (C=O) groups is 2. The van der Waals surface area contributed by atoms with Crippen molar-refractivity contribution in [2.75, 3.05) is 7.11 Å². The van der Waals surface area contributed by atoms with Crippen LogP contribution in [0.4, 0.5) is 17.6 Å². The topological polar surface area (TPSA) is 99.4 Å². The maximum absolute atomic E-state index is 14.6. The van der Waals surface area contributed by atoms with Crippen molar-refractivity contribution in [1.82, 2.24) is 14.5 Å². The summed E-state index contributed by atoms with van der Waals surface area (Å²) in [5.41, 5.74) is -4.97. The lowest BCUT2D eigenvalue weighted by Crippen LogP contribution is -2.42. The molecule has 2 atom stereocenters. The molecular formula is C19H18ClF4N3O5S. The first-order valence-electron chi connectivity index (χ1n) is 9.13. The van der Waals surface area contributed by atoms with E-state index >= 15 is 0 Å².